The average molecular weight is 406 g/mol. The highest BCUT2D eigenvalue weighted by atomic mass is 32.1. The minimum atomic E-state index is -0.316. The van der Waals surface area contributed by atoms with E-state index in [9.17, 15) is 9.59 Å². The molecule has 4 rings (SSSR count). The Balaban J connectivity index is 1.47. The summed E-state index contributed by atoms with van der Waals surface area (Å²) < 4.78 is 0. The summed E-state index contributed by atoms with van der Waals surface area (Å²) in [5, 5.41) is 5.41. The molecule has 2 aromatic carbocycles. The first-order chi connectivity index (χ1) is 14.2. The molecule has 0 atom stereocenters. The summed E-state index contributed by atoms with van der Waals surface area (Å²) in [6.07, 6.45) is 3.77. The number of carbonyl (C=O) groups is 2. The predicted molar refractivity (Wildman–Crippen MR) is 116 cm³/mol. The lowest BCUT2D eigenvalue weighted by molar-refractivity contribution is 0.0996. The van der Waals surface area contributed by atoms with Crippen molar-refractivity contribution in [1.29, 1.82) is 0 Å². The largest absolute Gasteiger partial charge is 0.298 e. The van der Waals surface area contributed by atoms with Crippen LogP contribution < -0.4 is 5.32 Å². The van der Waals surface area contributed by atoms with E-state index in [4.69, 9.17) is 0 Å². The summed E-state index contributed by atoms with van der Waals surface area (Å²) in [4.78, 5) is 32.7. The zero-order valence-electron chi connectivity index (χ0n) is 16.1. The lowest BCUT2D eigenvalue weighted by Crippen LogP contribution is -2.29. The average Bonchev–Trinajstić information content (AvgIpc) is 3.21. The molecule has 0 unspecified atom stereocenters. The zero-order chi connectivity index (χ0) is 20.1. The number of hydrogen-bond donors (Lipinski definition) is 1. The maximum Gasteiger partial charge on any atom is 0.258 e. The lowest BCUT2D eigenvalue weighted by atomic mass is 9.98. The van der Waals surface area contributed by atoms with Gasteiger partial charge in [0.05, 0.1) is 11.3 Å². The van der Waals surface area contributed by atoms with E-state index < -0.39 is 0 Å². The smallest absolute Gasteiger partial charge is 0.258 e. The SMILES string of the molecule is O=C(Nc1nc(CN2CCCCC2)cs1)c1ccccc1C(=O)c1ccccc1. The summed E-state index contributed by atoms with van der Waals surface area (Å²) in [6, 6.07) is 15.9. The quantitative estimate of drug-likeness (QED) is 0.608. The number of benzene rings is 2. The maximum absolute atomic E-state index is 12.9. The number of hydrogen-bond acceptors (Lipinski definition) is 5. The molecule has 29 heavy (non-hydrogen) atoms. The number of carbonyl (C=O) groups excluding carboxylic acids is 2. The van der Waals surface area contributed by atoms with Gasteiger partial charge in [0.15, 0.2) is 10.9 Å². The molecule has 1 aliphatic heterocycles. The third kappa shape index (κ3) is 4.78. The number of likely N-dealkylation sites (tertiary alicyclic amines) is 1. The van der Waals surface area contributed by atoms with E-state index in [1.54, 1.807) is 36.4 Å². The second kappa shape index (κ2) is 9.11. The molecule has 1 fully saturated rings. The lowest BCUT2D eigenvalue weighted by Gasteiger charge is -2.25. The van der Waals surface area contributed by atoms with Gasteiger partial charge in [-0.15, -0.1) is 11.3 Å². The van der Waals surface area contributed by atoms with Gasteiger partial charge in [0.2, 0.25) is 0 Å². The van der Waals surface area contributed by atoms with Crippen molar-refractivity contribution >= 4 is 28.2 Å². The molecule has 1 N–H and O–H groups in total. The van der Waals surface area contributed by atoms with Gasteiger partial charge in [0.1, 0.15) is 0 Å². The Morgan fingerprint density at radius 2 is 1.62 bits per heavy atom. The van der Waals surface area contributed by atoms with Crippen LogP contribution in [0.3, 0.4) is 0 Å². The molecule has 0 spiro atoms. The van der Waals surface area contributed by atoms with E-state index >= 15 is 0 Å². The predicted octanol–water partition coefficient (Wildman–Crippen LogP) is 4.61. The first-order valence-corrected chi connectivity index (χ1v) is 10.8. The van der Waals surface area contributed by atoms with Gasteiger partial charge in [0.25, 0.3) is 5.91 Å². The molecule has 1 aliphatic rings. The van der Waals surface area contributed by atoms with Crippen LogP contribution in [0.25, 0.3) is 0 Å². The van der Waals surface area contributed by atoms with Crippen LogP contribution in [0, 0.1) is 0 Å². The molecule has 0 radical (unpaired) electrons. The highest BCUT2D eigenvalue weighted by Crippen LogP contribution is 2.21. The van der Waals surface area contributed by atoms with Crippen molar-refractivity contribution in [3.63, 3.8) is 0 Å². The molecule has 1 aromatic heterocycles. The van der Waals surface area contributed by atoms with Gasteiger partial charge in [-0.2, -0.15) is 0 Å². The van der Waals surface area contributed by atoms with Crippen LogP contribution in [0.4, 0.5) is 5.13 Å². The molecule has 3 aromatic rings. The van der Waals surface area contributed by atoms with Crippen LogP contribution >= 0.6 is 11.3 Å². The van der Waals surface area contributed by atoms with E-state index in [0.717, 1.165) is 25.3 Å². The number of nitrogens with zero attached hydrogens (tertiary/aromatic N) is 2. The standard InChI is InChI=1S/C23H23N3O2S/c27-21(17-9-3-1-4-10-17)19-11-5-6-12-20(19)22(28)25-23-24-18(16-29-23)15-26-13-7-2-8-14-26/h1,3-6,9-12,16H,2,7-8,13-15H2,(H,24,25,28). The minimum Gasteiger partial charge on any atom is -0.298 e. The van der Waals surface area contributed by atoms with Crippen LogP contribution in [0.5, 0.6) is 0 Å². The van der Waals surface area contributed by atoms with E-state index in [1.807, 2.05) is 23.6 Å². The number of aromatic nitrogens is 1. The molecular weight excluding hydrogens is 382 g/mol. The van der Waals surface area contributed by atoms with Gasteiger partial charge in [-0.25, -0.2) is 4.98 Å². The van der Waals surface area contributed by atoms with Crippen molar-refractivity contribution in [2.24, 2.45) is 0 Å². The molecule has 148 valence electrons. The third-order valence-corrected chi connectivity index (χ3v) is 5.87. The molecule has 1 amide bonds. The van der Waals surface area contributed by atoms with Crippen LogP contribution in [0.15, 0.2) is 60.0 Å². The Hall–Kier alpha value is -2.83. The molecule has 6 heteroatoms. The van der Waals surface area contributed by atoms with Crippen LogP contribution in [-0.2, 0) is 6.54 Å². The second-order valence-electron chi connectivity index (χ2n) is 7.18. The van der Waals surface area contributed by atoms with Gasteiger partial charge in [0, 0.05) is 23.1 Å². The van der Waals surface area contributed by atoms with Crippen LogP contribution in [0.2, 0.25) is 0 Å². The topological polar surface area (TPSA) is 62.3 Å². The van der Waals surface area contributed by atoms with Crippen LogP contribution in [0.1, 0.15) is 51.2 Å². The number of rotatable bonds is 6. The summed E-state index contributed by atoms with van der Waals surface area (Å²) in [5.41, 5.74) is 2.28. The van der Waals surface area contributed by atoms with Crippen molar-refractivity contribution in [1.82, 2.24) is 9.88 Å². The van der Waals surface area contributed by atoms with Crippen LogP contribution in [-0.4, -0.2) is 34.7 Å². The fourth-order valence-electron chi connectivity index (χ4n) is 3.57. The highest BCUT2D eigenvalue weighted by Gasteiger charge is 2.19. The van der Waals surface area contributed by atoms with E-state index in [-0.39, 0.29) is 11.7 Å². The Kier molecular flexibility index (Phi) is 6.12. The molecule has 5 nitrogen and oxygen atoms in total. The first kappa shape index (κ1) is 19.5. The molecule has 2 heterocycles. The van der Waals surface area contributed by atoms with Gasteiger partial charge in [-0.05, 0) is 32.0 Å². The number of amides is 1. The fourth-order valence-corrected chi connectivity index (χ4v) is 4.27. The van der Waals surface area contributed by atoms with Crippen molar-refractivity contribution < 1.29 is 9.59 Å². The molecule has 0 aliphatic carbocycles. The van der Waals surface area contributed by atoms with Crippen molar-refractivity contribution in [3.05, 3.63) is 82.4 Å². The Morgan fingerprint density at radius 1 is 0.931 bits per heavy atom. The zero-order valence-corrected chi connectivity index (χ0v) is 17.0. The summed E-state index contributed by atoms with van der Waals surface area (Å²) in [5.74, 6) is -0.481. The van der Waals surface area contributed by atoms with E-state index in [2.05, 4.69) is 15.2 Å². The second-order valence-corrected chi connectivity index (χ2v) is 8.03. The number of anilines is 1. The minimum absolute atomic E-state index is 0.165. The van der Waals surface area contributed by atoms with E-state index in [0.29, 0.717) is 21.8 Å². The third-order valence-electron chi connectivity index (χ3n) is 5.06. The normalized spacial score (nSPS) is 14.5. The Morgan fingerprint density at radius 3 is 2.38 bits per heavy atom. The Labute approximate surface area is 174 Å². The highest BCUT2D eigenvalue weighted by molar-refractivity contribution is 7.14. The summed E-state index contributed by atoms with van der Waals surface area (Å²) in [6.45, 7) is 3.03. The molecule has 1 saturated heterocycles. The fraction of sp³-hybridized carbons (Fsp3) is 0.261. The number of ketones is 1. The molecule has 0 saturated carbocycles. The molecule has 0 bridgehead atoms. The maximum atomic E-state index is 12.9. The van der Waals surface area contributed by atoms with Crippen molar-refractivity contribution in [3.8, 4) is 0 Å². The number of thiazole rings is 1. The summed E-state index contributed by atoms with van der Waals surface area (Å²) in [7, 11) is 0. The number of nitrogens with one attached hydrogen (secondary N) is 1. The van der Waals surface area contributed by atoms with Crippen molar-refractivity contribution in [2.75, 3.05) is 18.4 Å². The molecular formula is C23H23N3O2S. The van der Waals surface area contributed by atoms with Gasteiger partial charge in [-0.1, -0.05) is 55.0 Å². The monoisotopic (exact) mass is 405 g/mol. The van der Waals surface area contributed by atoms with Gasteiger partial charge in [-0.3, -0.25) is 19.8 Å². The first-order valence-electron chi connectivity index (χ1n) is 9.87. The summed E-state index contributed by atoms with van der Waals surface area (Å²) >= 11 is 1.42. The van der Waals surface area contributed by atoms with Crippen molar-refractivity contribution in [2.45, 2.75) is 25.8 Å². The van der Waals surface area contributed by atoms with Gasteiger partial charge < -0.3 is 0 Å². The Bertz CT molecular complexity index is 994. The van der Waals surface area contributed by atoms with Gasteiger partial charge >= 0.3 is 0 Å². The van der Waals surface area contributed by atoms with E-state index in [1.165, 1.54) is 30.6 Å². The number of piperidine rings is 1.